The van der Waals surface area contributed by atoms with Crippen LogP contribution in [0.5, 0.6) is 0 Å². The highest BCUT2D eigenvalue weighted by molar-refractivity contribution is 7.25. The Morgan fingerprint density at radius 2 is 1.46 bits per heavy atom. The van der Waals surface area contributed by atoms with Crippen molar-refractivity contribution >= 4 is 76.3 Å². The first kappa shape index (κ1) is 27.8. The Balaban J connectivity index is 1.18. The third kappa shape index (κ3) is 4.41. The van der Waals surface area contributed by atoms with Gasteiger partial charge in [0.25, 0.3) is 0 Å². The van der Waals surface area contributed by atoms with Crippen LogP contribution in [0.1, 0.15) is 18.9 Å². The van der Waals surface area contributed by atoms with Crippen LogP contribution in [0.3, 0.4) is 0 Å². The van der Waals surface area contributed by atoms with Crippen LogP contribution in [0.15, 0.2) is 146 Å². The van der Waals surface area contributed by atoms with Gasteiger partial charge in [-0.15, -0.1) is 22.7 Å². The maximum Gasteiger partial charge on any atom is 0.124 e. The molecule has 0 N–H and O–H groups in total. The summed E-state index contributed by atoms with van der Waals surface area (Å²) >= 11 is 3.66. The number of thiophene rings is 1. The average molecular weight is 651 g/mol. The molecule has 2 aliphatic carbocycles. The minimum atomic E-state index is 0.579. The van der Waals surface area contributed by atoms with E-state index in [1.807, 2.05) is 11.3 Å². The van der Waals surface area contributed by atoms with Crippen molar-refractivity contribution in [3.63, 3.8) is 0 Å². The van der Waals surface area contributed by atoms with E-state index in [-0.39, 0.29) is 0 Å². The normalized spacial score (nSPS) is 14.9. The summed E-state index contributed by atoms with van der Waals surface area (Å²) < 4.78 is 2.61. The van der Waals surface area contributed by atoms with Gasteiger partial charge >= 0.3 is 0 Å². The molecule has 228 valence electrons. The topological polar surface area (TPSA) is 16.1 Å². The van der Waals surface area contributed by atoms with E-state index in [9.17, 15) is 0 Å². The predicted octanol–water partition coefficient (Wildman–Crippen LogP) is 13.4. The lowest BCUT2D eigenvalue weighted by Crippen LogP contribution is -2.10. The van der Waals surface area contributed by atoms with E-state index in [2.05, 4.69) is 157 Å². The molecule has 0 aliphatic heterocycles. The zero-order valence-electron chi connectivity index (χ0n) is 26.4. The predicted molar refractivity (Wildman–Crippen MR) is 208 cm³/mol. The zero-order chi connectivity index (χ0) is 31.8. The lowest BCUT2D eigenvalue weighted by atomic mass is 9.94. The Labute approximate surface area is 287 Å². The van der Waals surface area contributed by atoms with E-state index >= 15 is 0 Å². The summed E-state index contributed by atoms with van der Waals surface area (Å²) in [5.41, 5.74) is 10.7. The maximum atomic E-state index is 5.28. The first-order valence-corrected chi connectivity index (χ1v) is 18.2. The van der Waals surface area contributed by atoms with Crippen molar-refractivity contribution in [2.24, 2.45) is 5.92 Å². The molecule has 0 radical (unpaired) electrons. The molecule has 6 aromatic carbocycles. The molecule has 0 saturated carbocycles. The second-order valence-corrected chi connectivity index (χ2v) is 14.9. The minimum absolute atomic E-state index is 0.579. The fourth-order valence-corrected chi connectivity index (χ4v) is 9.63. The summed E-state index contributed by atoms with van der Waals surface area (Å²) in [6, 6.07) is 46.7. The summed E-state index contributed by atoms with van der Waals surface area (Å²) in [4.78, 5) is 8.98. The van der Waals surface area contributed by atoms with Crippen molar-refractivity contribution < 1.29 is 0 Å². The smallest absolute Gasteiger partial charge is 0.124 e. The van der Waals surface area contributed by atoms with Crippen molar-refractivity contribution in [2.75, 3.05) is 4.90 Å². The molecule has 48 heavy (non-hydrogen) atoms. The summed E-state index contributed by atoms with van der Waals surface area (Å²) in [5.74, 6) is 0.579. The highest BCUT2D eigenvalue weighted by Gasteiger charge is 2.28. The number of nitrogens with zero attached hydrogens (tertiary/aromatic N) is 2. The first-order valence-electron chi connectivity index (χ1n) is 16.5. The molecule has 0 fully saturated rings. The van der Waals surface area contributed by atoms with Gasteiger partial charge in [-0.25, -0.2) is 4.98 Å². The highest BCUT2D eigenvalue weighted by Crippen LogP contribution is 2.53. The SMILES string of the molecule is CC1C=CC(c2cccc(N(c3cc4c5c(cccc5c3)-c3sc(-c5ccccc5)nc3-4)c3ccc4c(c3)sc3ccccc34)c2)=CC1. The van der Waals surface area contributed by atoms with E-state index in [4.69, 9.17) is 4.98 Å². The molecule has 10 rings (SSSR count). The lowest BCUT2D eigenvalue weighted by molar-refractivity contribution is 0.739. The Morgan fingerprint density at radius 1 is 0.646 bits per heavy atom. The molecule has 1 unspecified atom stereocenters. The monoisotopic (exact) mass is 650 g/mol. The van der Waals surface area contributed by atoms with Crippen molar-refractivity contribution in [1.29, 1.82) is 0 Å². The van der Waals surface area contributed by atoms with E-state index in [0.29, 0.717) is 5.92 Å². The van der Waals surface area contributed by atoms with Crippen LogP contribution >= 0.6 is 22.7 Å². The molecule has 2 aromatic heterocycles. The second kappa shape index (κ2) is 10.9. The lowest BCUT2D eigenvalue weighted by Gasteiger charge is -2.27. The molecular weight excluding hydrogens is 621 g/mol. The number of aromatic nitrogens is 1. The fourth-order valence-electron chi connectivity index (χ4n) is 7.37. The van der Waals surface area contributed by atoms with Gasteiger partial charge in [-0.3, -0.25) is 0 Å². The number of allylic oxidation sites excluding steroid dienone is 4. The summed E-state index contributed by atoms with van der Waals surface area (Å²) in [6.07, 6.45) is 8.06. The number of rotatable bonds is 5. The third-order valence-electron chi connectivity index (χ3n) is 9.74. The van der Waals surface area contributed by atoms with Gasteiger partial charge in [0, 0.05) is 53.9 Å². The molecule has 8 aromatic rings. The summed E-state index contributed by atoms with van der Waals surface area (Å²) in [5, 5.41) is 6.23. The van der Waals surface area contributed by atoms with Gasteiger partial charge in [-0.1, -0.05) is 110 Å². The fraction of sp³-hybridized carbons (Fsp3) is 0.0682. The number of thiazole rings is 1. The van der Waals surface area contributed by atoms with E-state index < -0.39 is 0 Å². The van der Waals surface area contributed by atoms with E-state index in [1.165, 1.54) is 58.1 Å². The maximum absolute atomic E-state index is 5.28. The van der Waals surface area contributed by atoms with Gasteiger partial charge in [-0.05, 0) is 76.7 Å². The molecule has 0 bridgehead atoms. The largest absolute Gasteiger partial charge is 0.310 e. The number of hydrogen-bond acceptors (Lipinski definition) is 4. The van der Waals surface area contributed by atoms with Gasteiger partial charge in [0.15, 0.2) is 0 Å². The molecule has 2 heterocycles. The van der Waals surface area contributed by atoms with Crippen LogP contribution in [-0.2, 0) is 0 Å². The van der Waals surface area contributed by atoms with Gasteiger partial charge in [0.05, 0.1) is 10.6 Å². The average Bonchev–Trinajstić information content (AvgIpc) is 3.82. The van der Waals surface area contributed by atoms with Crippen LogP contribution in [0, 0.1) is 5.92 Å². The molecule has 0 saturated heterocycles. The molecule has 2 aliphatic rings. The zero-order valence-corrected chi connectivity index (χ0v) is 28.0. The van der Waals surface area contributed by atoms with Gasteiger partial charge < -0.3 is 4.90 Å². The molecule has 0 amide bonds. The number of fused-ring (bicyclic) bond motifs is 6. The van der Waals surface area contributed by atoms with Gasteiger partial charge in [0.2, 0.25) is 0 Å². The molecule has 4 heteroatoms. The van der Waals surface area contributed by atoms with Crippen molar-refractivity contribution in [3.05, 3.63) is 151 Å². The third-order valence-corrected chi connectivity index (χ3v) is 12.0. The second-order valence-electron chi connectivity index (χ2n) is 12.9. The Kier molecular flexibility index (Phi) is 6.30. The summed E-state index contributed by atoms with van der Waals surface area (Å²) in [7, 11) is 0. The Bertz CT molecular complexity index is 2620. The van der Waals surface area contributed by atoms with Crippen molar-refractivity contribution in [2.45, 2.75) is 13.3 Å². The molecular formula is C44H30N2S2. The quantitative estimate of drug-likeness (QED) is 0.184. The van der Waals surface area contributed by atoms with Crippen molar-refractivity contribution in [3.8, 4) is 32.3 Å². The van der Waals surface area contributed by atoms with Crippen molar-refractivity contribution in [1.82, 2.24) is 4.98 Å². The first-order chi connectivity index (χ1) is 23.7. The highest BCUT2D eigenvalue weighted by atomic mass is 32.1. The molecule has 2 nitrogen and oxygen atoms in total. The van der Waals surface area contributed by atoms with Gasteiger partial charge in [-0.2, -0.15) is 0 Å². The number of anilines is 3. The Hall–Kier alpha value is -5.29. The number of hydrogen-bond donors (Lipinski definition) is 0. The van der Waals surface area contributed by atoms with Gasteiger partial charge in [0.1, 0.15) is 5.01 Å². The number of benzene rings is 6. The van der Waals surface area contributed by atoms with Crippen LogP contribution < -0.4 is 4.90 Å². The minimum Gasteiger partial charge on any atom is -0.310 e. The molecule has 1 atom stereocenters. The van der Waals surface area contributed by atoms with Crippen LogP contribution in [0.25, 0.3) is 68.8 Å². The van der Waals surface area contributed by atoms with Crippen LogP contribution in [-0.4, -0.2) is 4.98 Å². The molecule has 0 spiro atoms. The Morgan fingerprint density at radius 3 is 2.35 bits per heavy atom. The standard InChI is InChI=1S/C44H30N2S2/c1-27-17-19-28(20-18-27)30-11-7-13-32(23-30)46(33-21-22-36-35-14-5-6-16-39(35)47-40(36)26-33)34-24-31-12-8-15-37-41(31)38(25-34)42-43(37)48-44(45-42)29-9-3-2-4-10-29/h2-17,19-27H,18H2,1H3. The van der Waals surface area contributed by atoms with E-state index in [0.717, 1.165) is 39.7 Å². The van der Waals surface area contributed by atoms with E-state index in [1.54, 1.807) is 11.3 Å². The van der Waals surface area contributed by atoms with Crippen LogP contribution in [0.4, 0.5) is 17.1 Å². The van der Waals surface area contributed by atoms with Crippen LogP contribution in [0.2, 0.25) is 0 Å². The summed E-state index contributed by atoms with van der Waals surface area (Å²) in [6.45, 7) is 2.28.